The smallest absolute Gasteiger partial charge is 0.133 e. The lowest BCUT2D eigenvalue weighted by atomic mass is 9.99. The van der Waals surface area contributed by atoms with Crippen molar-refractivity contribution in [2.45, 2.75) is 20.4 Å². The molecule has 0 aliphatic carbocycles. The van der Waals surface area contributed by atoms with Crippen LogP contribution in [0.4, 0.5) is 5.69 Å². The maximum absolute atomic E-state index is 4.67. The number of hydrogen-bond donors (Lipinski definition) is 0. The first-order valence-electron chi connectivity index (χ1n) is 5.55. The second-order valence-electron chi connectivity index (χ2n) is 4.30. The molecule has 2 heteroatoms. The zero-order chi connectivity index (χ0) is 11.1. The zero-order valence-corrected chi connectivity index (χ0v) is 9.57. The summed E-state index contributed by atoms with van der Waals surface area (Å²) in [5.74, 6) is 1.04. The fourth-order valence-corrected chi connectivity index (χ4v) is 2.16. The van der Waals surface area contributed by atoms with Crippen molar-refractivity contribution in [2.24, 2.45) is 4.99 Å². The molecule has 0 amide bonds. The fourth-order valence-electron chi connectivity index (χ4n) is 2.16. The minimum atomic E-state index is 0.933. The van der Waals surface area contributed by atoms with Gasteiger partial charge in [-0.1, -0.05) is 12.1 Å². The standard InChI is InChI=1S/C14H14N2/c1-10-6-7-13-12(11(10)2)9-16-8-4-3-5-14(16)15-13/h3-8H,9H2,1-2H3. The van der Waals surface area contributed by atoms with Crippen molar-refractivity contribution >= 4 is 11.5 Å². The molecule has 0 atom stereocenters. The van der Waals surface area contributed by atoms with Crippen molar-refractivity contribution in [3.8, 4) is 0 Å². The molecule has 0 aromatic heterocycles. The van der Waals surface area contributed by atoms with E-state index in [4.69, 9.17) is 0 Å². The number of rotatable bonds is 0. The normalized spacial score (nSPS) is 16.9. The minimum Gasteiger partial charge on any atom is -0.329 e. The molecule has 0 unspecified atom stereocenters. The van der Waals surface area contributed by atoms with Gasteiger partial charge < -0.3 is 4.90 Å². The van der Waals surface area contributed by atoms with Gasteiger partial charge in [0.1, 0.15) is 5.84 Å². The molecular weight excluding hydrogens is 196 g/mol. The topological polar surface area (TPSA) is 15.6 Å². The second-order valence-corrected chi connectivity index (χ2v) is 4.30. The van der Waals surface area contributed by atoms with Crippen LogP contribution in [0.5, 0.6) is 0 Å². The average Bonchev–Trinajstić information content (AvgIpc) is 2.32. The summed E-state index contributed by atoms with van der Waals surface area (Å²) in [6.45, 7) is 5.27. The first kappa shape index (κ1) is 9.40. The molecular formula is C14H14N2. The molecule has 0 saturated carbocycles. The average molecular weight is 210 g/mol. The Bertz CT molecular complexity index is 536. The number of amidine groups is 1. The molecule has 80 valence electrons. The third-order valence-corrected chi connectivity index (χ3v) is 3.32. The van der Waals surface area contributed by atoms with Crippen LogP contribution in [-0.4, -0.2) is 10.7 Å². The summed E-state index contributed by atoms with van der Waals surface area (Å²) >= 11 is 0. The zero-order valence-electron chi connectivity index (χ0n) is 9.57. The lowest BCUT2D eigenvalue weighted by Gasteiger charge is -2.28. The van der Waals surface area contributed by atoms with Gasteiger partial charge in [-0.05, 0) is 43.2 Å². The highest BCUT2D eigenvalue weighted by Gasteiger charge is 2.19. The van der Waals surface area contributed by atoms with E-state index in [9.17, 15) is 0 Å². The highest BCUT2D eigenvalue weighted by molar-refractivity contribution is 5.98. The third-order valence-electron chi connectivity index (χ3n) is 3.32. The van der Waals surface area contributed by atoms with Gasteiger partial charge >= 0.3 is 0 Å². The van der Waals surface area contributed by atoms with Gasteiger partial charge in [0.2, 0.25) is 0 Å². The Morgan fingerprint density at radius 2 is 2.06 bits per heavy atom. The van der Waals surface area contributed by atoms with E-state index in [1.807, 2.05) is 6.08 Å². The van der Waals surface area contributed by atoms with E-state index in [1.54, 1.807) is 0 Å². The van der Waals surface area contributed by atoms with E-state index >= 15 is 0 Å². The Labute approximate surface area is 95.6 Å². The van der Waals surface area contributed by atoms with Crippen LogP contribution in [0.3, 0.4) is 0 Å². The monoisotopic (exact) mass is 210 g/mol. The van der Waals surface area contributed by atoms with Gasteiger partial charge in [-0.15, -0.1) is 0 Å². The lowest BCUT2D eigenvalue weighted by molar-refractivity contribution is 0.542. The summed E-state index contributed by atoms with van der Waals surface area (Å²) in [5.41, 5.74) is 5.18. The van der Waals surface area contributed by atoms with Crippen LogP contribution in [-0.2, 0) is 6.54 Å². The predicted molar refractivity (Wildman–Crippen MR) is 66.8 cm³/mol. The number of benzene rings is 1. The minimum absolute atomic E-state index is 0.933. The third kappa shape index (κ3) is 1.30. The van der Waals surface area contributed by atoms with Gasteiger partial charge in [-0.3, -0.25) is 0 Å². The molecule has 1 aromatic rings. The van der Waals surface area contributed by atoms with E-state index in [0.717, 1.165) is 18.1 Å². The molecule has 0 spiro atoms. The Hall–Kier alpha value is -1.83. The molecule has 3 rings (SSSR count). The van der Waals surface area contributed by atoms with Crippen LogP contribution in [0.25, 0.3) is 0 Å². The molecule has 2 heterocycles. The van der Waals surface area contributed by atoms with E-state index in [0.29, 0.717) is 0 Å². The number of aliphatic imine (C=N–C) groups is 1. The molecule has 0 radical (unpaired) electrons. The Kier molecular flexibility index (Phi) is 1.96. The molecule has 1 aromatic carbocycles. The van der Waals surface area contributed by atoms with Crippen LogP contribution in [0, 0.1) is 13.8 Å². The van der Waals surface area contributed by atoms with Gasteiger partial charge in [-0.25, -0.2) is 4.99 Å². The Morgan fingerprint density at radius 3 is 2.94 bits per heavy atom. The second kappa shape index (κ2) is 3.34. The van der Waals surface area contributed by atoms with Crippen LogP contribution in [0.2, 0.25) is 0 Å². The van der Waals surface area contributed by atoms with Crippen molar-refractivity contribution in [2.75, 3.05) is 0 Å². The number of nitrogens with zero attached hydrogens (tertiary/aromatic N) is 2. The largest absolute Gasteiger partial charge is 0.329 e. The molecule has 0 fully saturated rings. The SMILES string of the molecule is Cc1ccc2c(c1C)CN1C=CC=CC1=N2. The maximum Gasteiger partial charge on any atom is 0.133 e. The van der Waals surface area contributed by atoms with Crippen molar-refractivity contribution in [1.29, 1.82) is 0 Å². The number of fused-ring (bicyclic) bond motifs is 2. The van der Waals surface area contributed by atoms with Crippen LogP contribution in [0.1, 0.15) is 16.7 Å². The number of aryl methyl sites for hydroxylation is 1. The Morgan fingerprint density at radius 1 is 1.19 bits per heavy atom. The number of hydrogen-bond acceptors (Lipinski definition) is 2. The van der Waals surface area contributed by atoms with Gasteiger partial charge in [0, 0.05) is 11.8 Å². The van der Waals surface area contributed by atoms with Gasteiger partial charge in [0.25, 0.3) is 0 Å². The molecule has 2 aliphatic heterocycles. The van der Waals surface area contributed by atoms with Crippen LogP contribution < -0.4 is 0 Å². The first-order chi connectivity index (χ1) is 7.75. The molecule has 2 nitrogen and oxygen atoms in total. The van der Waals surface area contributed by atoms with E-state index < -0.39 is 0 Å². The van der Waals surface area contributed by atoms with E-state index in [1.165, 1.54) is 16.7 Å². The summed E-state index contributed by atoms with van der Waals surface area (Å²) in [6.07, 6.45) is 8.22. The Balaban J connectivity index is 2.17. The molecule has 0 saturated heterocycles. The summed E-state index contributed by atoms with van der Waals surface area (Å²) in [4.78, 5) is 6.86. The van der Waals surface area contributed by atoms with Gasteiger partial charge in [0.15, 0.2) is 0 Å². The summed E-state index contributed by atoms with van der Waals surface area (Å²) in [5, 5.41) is 0. The summed E-state index contributed by atoms with van der Waals surface area (Å²) in [6, 6.07) is 4.27. The number of allylic oxidation sites excluding steroid dienone is 2. The van der Waals surface area contributed by atoms with Crippen LogP contribution in [0.15, 0.2) is 41.6 Å². The van der Waals surface area contributed by atoms with Gasteiger partial charge in [-0.2, -0.15) is 0 Å². The molecule has 2 aliphatic rings. The van der Waals surface area contributed by atoms with Gasteiger partial charge in [0.05, 0.1) is 12.2 Å². The van der Waals surface area contributed by atoms with Crippen LogP contribution >= 0.6 is 0 Å². The fraction of sp³-hybridized carbons (Fsp3) is 0.214. The molecule has 0 bridgehead atoms. The molecule has 0 N–H and O–H groups in total. The quantitative estimate of drug-likeness (QED) is 0.642. The highest BCUT2D eigenvalue weighted by Crippen LogP contribution is 2.31. The predicted octanol–water partition coefficient (Wildman–Crippen LogP) is 3.23. The maximum atomic E-state index is 4.67. The van der Waals surface area contributed by atoms with E-state index in [-0.39, 0.29) is 0 Å². The van der Waals surface area contributed by atoms with E-state index in [2.05, 4.69) is 54.2 Å². The molecule has 16 heavy (non-hydrogen) atoms. The highest BCUT2D eigenvalue weighted by atomic mass is 15.2. The van der Waals surface area contributed by atoms with Crippen molar-refractivity contribution < 1.29 is 0 Å². The summed E-state index contributed by atoms with van der Waals surface area (Å²) in [7, 11) is 0. The van der Waals surface area contributed by atoms with Crippen molar-refractivity contribution in [1.82, 2.24) is 4.90 Å². The van der Waals surface area contributed by atoms with Crippen molar-refractivity contribution in [3.63, 3.8) is 0 Å². The lowest BCUT2D eigenvalue weighted by Crippen LogP contribution is -2.28. The van der Waals surface area contributed by atoms with Crippen molar-refractivity contribution in [3.05, 3.63) is 53.3 Å². The summed E-state index contributed by atoms with van der Waals surface area (Å²) < 4.78 is 0. The first-order valence-corrected chi connectivity index (χ1v) is 5.55.